The highest BCUT2D eigenvalue weighted by Crippen LogP contribution is 2.44. The van der Waals surface area contributed by atoms with E-state index in [2.05, 4.69) is 10.6 Å². The van der Waals surface area contributed by atoms with Crippen molar-refractivity contribution in [3.8, 4) is 0 Å². The van der Waals surface area contributed by atoms with Crippen molar-refractivity contribution in [1.29, 1.82) is 0 Å². The molecule has 7 aromatic carbocycles. The average molecular weight is 1730 g/mol. The van der Waals surface area contributed by atoms with Gasteiger partial charge in [0.2, 0.25) is 11.8 Å². The van der Waals surface area contributed by atoms with E-state index in [4.69, 9.17) is 99.5 Å². The van der Waals surface area contributed by atoms with Crippen LogP contribution in [-0.4, -0.2) is 215 Å². The smallest absolute Gasteiger partial charge is 0.366 e. The molecule has 0 aliphatic carbocycles. The second-order valence-electron chi connectivity index (χ2n) is 30.3. The molecule has 2 amide bonds. The Morgan fingerprint density at radius 3 is 1.17 bits per heavy atom. The fraction of sp³-hybridized carbons (Fsp3) is 0.452. The summed E-state index contributed by atoms with van der Waals surface area (Å²) in [5.74, 6) is -12.2. The van der Waals surface area contributed by atoms with Gasteiger partial charge in [-0.25, -0.2) is 4.79 Å². The molecule has 0 aromatic heterocycles. The van der Waals surface area contributed by atoms with Crippen LogP contribution < -0.4 is 10.6 Å². The fourth-order valence-electron chi connectivity index (χ4n) is 15.2. The number of rotatable bonds is 42. The van der Waals surface area contributed by atoms with Gasteiger partial charge >= 0.3 is 41.8 Å². The van der Waals surface area contributed by atoms with Crippen LogP contribution in [0.5, 0.6) is 0 Å². The Balaban J connectivity index is 1.09. The molecule has 21 atom stereocenters. The van der Waals surface area contributed by atoms with E-state index in [-0.39, 0.29) is 52.9 Å². The van der Waals surface area contributed by atoms with Crippen LogP contribution >= 0.6 is 0 Å². The third kappa shape index (κ3) is 28.1. The quantitative estimate of drug-likeness (QED) is 0.0266. The van der Waals surface area contributed by atoms with Gasteiger partial charge in [0.25, 0.3) is 5.79 Å². The number of carbonyl (C=O) groups excluding carboxylic acids is 9. The highest BCUT2D eigenvalue weighted by molar-refractivity contribution is 5.79. The van der Waals surface area contributed by atoms with Crippen LogP contribution in [0.2, 0.25) is 0 Å². The van der Waals surface area contributed by atoms with E-state index in [1.54, 1.807) is 54.6 Å². The Labute approximate surface area is 724 Å². The number of hydrogen-bond acceptors (Lipinski definition) is 30. The summed E-state index contributed by atoms with van der Waals surface area (Å²) >= 11 is 0. The molecule has 11 rings (SSSR count). The molecule has 125 heavy (non-hydrogen) atoms. The zero-order valence-electron chi connectivity index (χ0n) is 71.0. The molecule has 0 radical (unpaired) electrons. The Morgan fingerprint density at radius 1 is 0.368 bits per heavy atom. The molecule has 4 saturated heterocycles. The monoisotopic (exact) mass is 1730 g/mol. The van der Waals surface area contributed by atoms with E-state index in [0.717, 1.165) is 83.4 Å². The molecule has 4 aliphatic heterocycles. The summed E-state index contributed by atoms with van der Waals surface area (Å²) in [6.45, 7) is 6.34. The van der Waals surface area contributed by atoms with Gasteiger partial charge in [0.15, 0.2) is 43.3 Å². The van der Waals surface area contributed by atoms with E-state index >= 15 is 4.79 Å². The molecule has 7 aromatic rings. The highest BCUT2D eigenvalue weighted by Gasteiger charge is 2.65. The number of nitrogens with one attached hydrogen (secondary N) is 2. The van der Waals surface area contributed by atoms with E-state index in [1.165, 1.54) is 6.92 Å². The normalized spacial score (nSPS) is 26.4. The second-order valence-corrected chi connectivity index (χ2v) is 30.3. The number of benzene rings is 7. The third-order valence-corrected chi connectivity index (χ3v) is 20.5. The molecule has 0 saturated carbocycles. The first kappa shape index (κ1) is 94.9. The lowest BCUT2D eigenvalue weighted by molar-refractivity contribution is -0.393. The van der Waals surface area contributed by atoms with Crippen LogP contribution in [0.3, 0.4) is 0 Å². The van der Waals surface area contributed by atoms with Crippen molar-refractivity contribution in [2.24, 2.45) is 0 Å². The predicted octanol–water partition coefficient (Wildman–Crippen LogP) is 8.83. The zero-order valence-corrected chi connectivity index (χ0v) is 71.0. The van der Waals surface area contributed by atoms with Crippen molar-refractivity contribution in [1.82, 2.24) is 10.6 Å². The number of amides is 2. The van der Waals surface area contributed by atoms with E-state index in [1.807, 2.05) is 158 Å². The summed E-state index contributed by atoms with van der Waals surface area (Å²) < 4.78 is 140. The Morgan fingerprint density at radius 2 is 0.744 bits per heavy atom. The Bertz CT molecular complexity index is 4550. The lowest BCUT2D eigenvalue weighted by atomic mass is 9.87. The minimum Gasteiger partial charge on any atom is -0.465 e. The summed E-state index contributed by atoms with van der Waals surface area (Å²) in [6.07, 6.45) is -31.1. The van der Waals surface area contributed by atoms with Crippen molar-refractivity contribution >= 4 is 53.6 Å². The van der Waals surface area contributed by atoms with Crippen molar-refractivity contribution in [3.63, 3.8) is 0 Å². The molecule has 4 fully saturated rings. The maximum atomic E-state index is 15.6. The van der Waals surface area contributed by atoms with Gasteiger partial charge in [-0.05, 0) is 38.9 Å². The van der Waals surface area contributed by atoms with Gasteiger partial charge in [0.1, 0.15) is 79.8 Å². The lowest BCUT2D eigenvalue weighted by Crippen LogP contribution is -2.72. The fourth-order valence-corrected chi connectivity index (χ4v) is 15.2. The Hall–Kier alpha value is -10.8. The van der Waals surface area contributed by atoms with Gasteiger partial charge in [-0.2, -0.15) is 0 Å². The van der Waals surface area contributed by atoms with E-state index in [9.17, 15) is 38.4 Å². The molecule has 32 nitrogen and oxygen atoms in total. The number of ether oxygens (including phenoxy) is 21. The average Bonchev–Trinajstić information content (AvgIpc) is 0.742. The SMILES string of the molecule is COC(=O)[C@@]1(O[C@H]2[C@@H](OC(C)=O)[C@@H](COCc3ccccc3)O[C@@H](O[C@H]3[C@H](OCc4ccccc4)[C@@H](NC(C)=O)[C@H](O[C@@H]4[C@@H](OCc5ccccc5)O[C@H](COCc5ccccc5)[C@@H](OCc5ccccc5)[C@@H]4OCc4ccccc4)O[C@@H]3COCc3ccccc3)[C@@H]2OC(C)=O)C[C@H](OC(C)=O)[C@@H](NC(C)=O)[C@H]([C@H](OC(C)=O)[C@@H](COC(C)=O)OC(C)=O)O1. The van der Waals surface area contributed by atoms with Gasteiger partial charge in [0, 0.05) is 55.4 Å². The summed E-state index contributed by atoms with van der Waals surface area (Å²) in [7, 11) is 0.929. The van der Waals surface area contributed by atoms with Crippen molar-refractivity contribution in [3.05, 3.63) is 251 Å². The molecule has 4 aliphatic rings. The number of hydrogen-bond donors (Lipinski definition) is 2. The predicted molar refractivity (Wildman–Crippen MR) is 439 cm³/mol. The summed E-state index contributed by atoms with van der Waals surface area (Å²) in [5, 5.41) is 5.73. The molecule has 32 heteroatoms. The van der Waals surface area contributed by atoms with Gasteiger partial charge < -0.3 is 110 Å². The number of esters is 7. The zero-order chi connectivity index (χ0) is 88.8. The summed E-state index contributed by atoms with van der Waals surface area (Å²) in [6, 6.07) is 61.8. The topological polar surface area (TPSA) is 372 Å². The van der Waals surface area contributed by atoms with Gasteiger partial charge in [-0.15, -0.1) is 0 Å². The molecular formula is C93H108N2O30. The summed E-state index contributed by atoms with van der Waals surface area (Å²) in [5.41, 5.74) is 5.23. The standard InChI is InChI=1S/C93H108N2O30/c1-57(96)94-77-72(114-60(4)99)45-93(92(104)105-9,124-84(77)81(116-62(6)101)76(115-61(5)100)56-109-59(3)98)125-86-82(117-63(7)102)75(55-108-48-67-35-21-12-22-36-67)121-91(88(86)118-64(8)103)122-80-74(54-107-47-66-33-19-11-20-34-66)119-89(78(95-58(2)97)83(80)111-50-69-39-25-14-26-40-69)123-87-85(112-51-70-41-27-15-28-42-70)79(110-49-68-37-23-13-24-38-68)73(53-106-46-65-31-17-10-18-32-65)120-90(87)113-52-71-43-29-16-30-44-71/h10-44,72-91H,45-56H2,1-9H3,(H,94,96)(H,95,97)/t72-,73+,74+,75+,76+,77+,78+,79+,80+,81+,82-,83+,84+,85-,86-,87-,88+,89-,90-,91-,93-/m0/s1. The van der Waals surface area contributed by atoms with Crippen LogP contribution in [-0.2, 0) is 189 Å². The molecule has 670 valence electrons. The molecule has 0 unspecified atom stereocenters. The summed E-state index contributed by atoms with van der Waals surface area (Å²) in [4.78, 5) is 125. The van der Waals surface area contributed by atoms with Crippen molar-refractivity contribution in [2.75, 3.05) is 33.5 Å². The van der Waals surface area contributed by atoms with E-state index in [0.29, 0.717) is 11.1 Å². The number of methoxy groups -OCH3 is 1. The minimum absolute atomic E-state index is 0.0120. The second kappa shape index (κ2) is 47.5. The van der Waals surface area contributed by atoms with Crippen LogP contribution in [0, 0.1) is 0 Å². The first-order valence-electron chi connectivity index (χ1n) is 41.1. The molecule has 0 bridgehead atoms. The molecule has 0 spiro atoms. The highest BCUT2D eigenvalue weighted by atomic mass is 16.8. The lowest BCUT2D eigenvalue weighted by Gasteiger charge is -2.53. The maximum absolute atomic E-state index is 15.6. The van der Waals surface area contributed by atoms with Gasteiger partial charge in [0.05, 0.1) is 85.6 Å². The molecule has 2 N–H and O–H groups in total. The van der Waals surface area contributed by atoms with Gasteiger partial charge in [-0.1, -0.05) is 212 Å². The van der Waals surface area contributed by atoms with E-state index < -0.39 is 208 Å². The number of carbonyl (C=O) groups is 9. The van der Waals surface area contributed by atoms with Crippen LogP contribution in [0.1, 0.15) is 101 Å². The van der Waals surface area contributed by atoms with Crippen molar-refractivity contribution in [2.45, 2.75) is 236 Å². The van der Waals surface area contributed by atoms with Crippen LogP contribution in [0.25, 0.3) is 0 Å². The Kier molecular flexibility index (Phi) is 36.1. The largest absolute Gasteiger partial charge is 0.465 e. The van der Waals surface area contributed by atoms with Crippen LogP contribution in [0.15, 0.2) is 212 Å². The minimum atomic E-state index is -3.13. The van der Waals surface area contributed by atoms with Gasteiger partial charge in [-0.3, -0.25) is 38.4 Å². The van der Waals surface area contributed by atoms with Crippen molar-refractivity contribution < 1.29 is 143 Å². The first-order valence-corrected chi connectivity index (χ1v) is 41.1. The van der Waals surface area contributed by atoms with Crippen LogP contribution in [0.4, 0.5) is 0 Å². The maximum Gasteiger partial charge on any atom is 0.366 e. The first-order chi connectivity index (χ1) is 60.4. The molecular weight excluding hydrogens is 1630 g/mol. The molecule has 4 heterocycles. The third-order valence-electron chi connectivity index (χ3n) is 20.5.